The van der Waals surface area contributed by atoms with Gasteiger partial charge in [0.2, 0.25) is 7.85 Å². The summed E-state index contributed by atoms with van der Waals surface area (Å²) in [6.07, 6.45) is 8.49. The van der Waals surface area contributed by atoms with Crippen molar-refractivity contribution in [1.29, 1.82) is 0 Å². The average Bonchev–Trinajstić information content (AvgIpc) is 2.26. The maximum atomic E-state index is 11.2. The van der Waals surface area contributed by atoms with Crippen LogP contribution in [0.1, 0.15) is 34.1 Å². The molecule has 0 radical (unpaired) electrons. The molecule has 0 spiro atoms. The molecule has 0 aromatic rings. The third kappa shape index (κ3) is 5.57. The molecule has 0 aliphatic heterocycles. The molecule has 0 bridgehead atoms. The zero-order valence-corrected chi connectivity index (χ0v) is 11.7. The van der Waals surface area contributed by atoms with Gasteiger partial charge in [-0.2, -0.15) is 0 Å². The first kappa shape index (κ1) is 15.8. The molecule has 0 aromatic carbocycles. The Balaban J connectivity index is 5.03. The summed E-state index contributed by atoms with van der Waals surface area (Å²) >= 11 is 0. The van der Waals surface area contributed by atoms with Gasteiger partial charge in [-0.15, -0.1) is 0 Å². The number of carbonyl (C=O) groups excluding carboxylic acids is 1. The zero-order chi connectivity index (χ0) is 13.5. The quantitative estimate of drug-likeness (QED) is 0.554. The van der Waals surface area contributed by atoms with Crippen LogP contribution < -0.4 is 5.32 Å². The molecule has 2 nitrogen and oxygen atoms in total. The van der Waals surface area contributed by atoms with Crippen LogP contribution in [0.25, 0.3) is 0 Å². The van der Waals surface area contributed by atoms with Crippen molar-refractivity contribution in [3.8, 4) is 0 Å². The van der Waals surface area contributed by atoms with Gasteiger partial charge < -0.3 is 5.32 Å². The van der Waals surface area contributed by atoms with Crippen LogP contribution in [-0.2, 0) is 0 Å². The molecule has 0 aliphatic carbocycles. The number of rotatable bonds is 6. The SMILES string of the molecule is BC(=O)N/C(=C/C=C\C=C)C(C)C(C)(C)CC. The first-order chi connectivity index (χ1) is 7.85. The molecular weight excluding hydrogens is 209 g/mol. The largest absolute Gasteiger partial charge is 0.339 e. The Morgan fingerprint density at radius 1 is 1.47 bits per heavy atom. The first-order valence-electron chi connectivity index (χ1n) is 6.12. The number of hydrogen-bond donors (Lipinski definition) is 1. The van der Waals surface area contributed by atoms with Crippen LogP contribution in [0.2, 0.25) is 0 Å². The Morgan fingerprint density at radius 2 is 2.06 bits per heavy atom. The molecule has 17 heavy (non-hydrogen) atoms. The Morgan fingerprint density at radius 3 is 2.47 bits per heavy atom. The topological polar surface area (TPSA) is 29.1 Å². The maximum absolute atomic E-state index is 11.2. The normalized spacial score (nSPS) is 14.7. The van der Waals surface area contributed by atoms with E-state index in [1.165, 1.54) is 7.85 Å². The van der Waals surface area contributed by atoms with Crippen molar-refractivity contribution >= 4 is 13.7 Å². The lowest BCUT2D eigenvalue weighted by molar-refractivity contribution is 0.239. The van der Waals surface area contributed by atoms with E-state index in [0.29, 0.717) is 5.92 Å². The number of amides is 1. The predicted molar refractivity (Wildman–Crippen MR) is 77.7 cm³/mol. The summed E-state index contributed by atoms with van der Waals surface area (Å²) in [5.41, 5.74) is 1.12. The molecule has 1 unspecified atom stereocenters. The van der Waals surface area contributed by atoms with Gasteiger partial charge in [0.05, 0.1) is 0 Å². The molecule has 1 amide bonds. The molecule has 1 atom stereocenters. The monoisotopic (exact) mass is 233 g/mol. The Bertz CT molecular complexity index is 329. The van der Waals surface area contributed by atoms with Gasteiger partial charge in [0.1, 0.15) is 0 Å². The summed E-state index contributed by atoms with van der Waals surface area (Å²) in [6.45, 7) is 12.4. The minimum Gasteiger partial charge on any atom is -0.339 e. The third-order valence-corrected chi connectivity index (χ3v) is 3.39. The molecule has 0 aliphatic rings. The van der Waals surface area contributed by atoms with Crippen molar-refractivity contribution < 1.29 is 4.79 Å². The minimum absolute atomic E-state index is 0.0259. The molecule has 0 rings (SSSR count). The van der Waals surface area contributed by atoms with Crippen LogP contribution in [0.15, 0.2) is 36.6 Å². The van der Waals surface area contributed by atoms with Crippen molar-refractivity contribution in [2.75, 3.05) is 0 Å². The van der Waals surface area contributed by atoms with Gasteiger partial charge in [-0.05, 0) is 11.5 Å². The third-order valence-electron chi connectivity index (χ3n) is 3.39. The van der Waals surface area contributed by atoms with Crippen LogP contribution in [0.3, 0.4) is 0 Å². The Kier molecular flexibility index (Phi) is 6.63. The minimum atomic E-state index is -0.0259. The summed E-state index contributed by atoms with van der Waals surface area (Å²) in [6, 6.07) is 0. The first-order valence-corrected chi connectivity index (χ1v) is 6.12. The van der Waals surface area contributed by atoms with E-state index in [9.17, 15) is 4.79 Å². The zero-order valence-electron chi connectivity index (χ0n) is 11.7. The van der Waals surface area contributed by atoms with Gasteiger partial charge in [0, 0.05) is 11.6 Å². The second-order valence-electron chi connectivity index (χ2n) is 4.99. The predicted octanol–water partition coefficient (Wildman–Crippen LogP) is 3.03. The van der Waals surface area contributed by atoms with E-state index < -0.39 is 0 Å². The maximum Gasteiger partial charge on any atom is 0.216 e. The van der Waals surface area contributed by atoms with Gasteiger partial charge in [-0.3, -0.25) is 4.79 Å². The summed E-state index contributed by atoms with van der Waals surface area (Å²) in [5.74, 6) is 0.271. The second kappa shape index (κ2) is 7.15. The van der Waals surface area contributed by atoms with Crippen molar-refractivity contribution in [3.63, 3.8) is 0 Å². The molecule has 0 fully saturated rings. The fourth-order valence-corrected chi connectivity index (χ4v) is 1.46. The van der Waals surface area contributed by atoms with Crippen LogP contribution in [0.5, 0.6) is 0 Å². The number of hydrogen-bond acceptors (Lipinski definition) is 1. The Hall–Kier alpha value is -1.25. The van der Waals surface area contributed by atoms with E-state index in [4.69, 9.17) is 0 Å². The van der Waals surface area contributed by atoms with Gasteiger partial charge in [-0.1, -0.05) is 58.9 Å². The van der Waals surface area contributed by atoms with Gasteiger partial charge in [0.25, 0.3) is 0 Å². The van der Waals surface area contributed by atoms with Crippen molar-refractivity contribution in [2.24, 2.45) is 11.3 Å². The summed E-state index contributed by atoms with van der Waals surface area (Å²) in [7, 11) is 1.54. The van der Waals surface area contributed by atoms with Crippen LogP contribution in [0, 0.1) is 11.3 Å². The number of carbonyl (C=O) groups is 1. The summed E-state index contributed by atoms with van der Waals surface area (Å²) < 4.78 is 0. The van der Waals surface area contributed by atoms with E-state index >= 15 is 0 Å². The Labute approximate surface area is 106 Å². The van der Waals surface area contributed by atoms with Gasteiger partial charge >= 0.3 is 0 Å². The highest BCUT2D eigenvalue weighted by Gasteiger charge is 2.26. The van der Waals surface area contributed by atoms with Crippen LogP contribution >= 0.6 is 0 Å². The van der Waals surface area contributed by atoms with E-state index in [-0.39, 0.29) is 11.2 Å². The van der Waals surface area contributed by atoms with Gasteiger partial charge in [-0.25, -0.2) is 0 Å². The lowest BCUT2D eigenvalue weighted by Crippen LogP contribution is -2.32. The standard InChI is InChI=1S/C14H24BNO/c1-6-8-9-10-12(16-13(15)17)11(3)14(4,5)7-2/h6,8-11H,1,7,15H2,2-5H3,(H,16,17)/b9-8-,12-10+. The molecule has 0 saturated carbocycles. The fourth-order valence-electron chi connectivity index (χ4n) is 1.46. The second-order valence-corrected chi connectivity index (χ2v) is 4.99. The van der Waals surface area contributed by atoms with E-state index in [2.05, 4.69) is 39.6 Å². The van der Waals surface area contributed by atoms with Crippen molar-refractivity contribution in [3.05, 3.63) is 36.6 Å². The van der Waals surface area contributed by atoms with E-state index in [1.54, 1.807) is 6.08 Å². The smallest absolute Gasteiger partial charge is 0.216 e. The highest BCUT2D eigenvalue weighted by atomic mass is 16.1. The summed E-state index contributed by atoms with van der Waals surface area (Å²) in [4.78, 5) is 11.2. The van der Waals surface area contributed by atoms with E-state index in [0.717, 1.165) is 12.1 Å². The fraction of sp³-hybridized carbons (Fsp3) is 0.500. The lowest BCUT2D eigenvalue weighted by atomic mass is 9.76. The molecule has 0 aromatic heterocycles. The average molecular weight is 233 g/mol. The van der Waals surface area contributed by atoms with Crippen LogP contribution in [0.4, 0.5) is 4.79 Å². The molecular formula is C14H24BNO. The van der Waals surface area contributed by atoms with Gasteiger partial charge in [0.15, 0.2) is 5.81 Å². The van der Waals surface area contributed by atoms with Crippen molar-refractivity contribution in [1.82, 2.24) is 5.32 Å². The van der Waals surface area contributed by atoms with Crippen LogP contribution in [-0.4, -0.2) is 13.7 Å². The number of allylic oxidation sites excluding steroid dienone is 5. The molecule has 0 saturated heterocycles. The lowest BCUT2D eigenvalue weighted by Gasteiger charge is -2.32. The highest BCUT2D eigenvalue weighted by molar-refractivity contribution is 6.57. The molecule has 3 heteroatoms. The molecule has 1 N–H and O–H groups in total. The van der Waals surface area contributed by atoms with Crippen molar-refractivity contribution in [2.45, 2.75) is 34.1 Å². The highest BCUT2D eigenvalue weighted by Crippen LogP contribution is 2.34. The molecule has 0 heterocycles. The summed E-state index contributed by atoms with van der Waals surface area (Å²) in [5, 5.41) is 2.92. The molecule has 94 valence electrons. The van der Waals surface area contributed by atoms with E-state index in [1.807, 2.05) is 18.2 Å². The number of nitrogens with one attached hydrogen (secondary N) is 1.